The van der Waals surface area contributed by atoms with Crippen LogP contribution in [0.1, 0.15) is 17.4 Å². The number of nitrogens with one attached hydrogen (secondary N) is 1. The minimum Gasteiger partial charge on any atom is -0.495 e. The Labute approximate surface area is 213 Å². The fourth-order valence-electron chi connectivity index (χ4n) is 4.22. The van der Waals surface area contributed by atoms with Gasteiger partial charge in [-0.3, -0.25) is 14.5 Å². The number of fused-ring (bicyclic) bond motifs is 1. The van der Waals surface area contributed by atoms with Gasteiger partial charge >= 0.3 is 0 Å². The van der Waals surface area contributed by atoms with Crippen molar-refractivity contribution < 1.29 is 18.7 Å². The van der Waals surface area contributed by atoms with Gasteiger partial charge < -0.3 is 14.5 Å². The number of aromatic nitrogens is 3. The van der Waals surface area contributed by atoms with Crippen LogP contribution in [0.5, 0.6) is 5.75 Å². The van der Waals surface area contributed by atoms with E-state index < -0.39 is 6.04 Å². The highest BCUT2D eigenvalue weighted by Crippen LogP contribution is 2.35. The maximum absolute atomic E-state index is 14.1. The first-order valence-corrected chi connectivity index (χ1v) is 11.7. The van der Waals surface area contributed by atoms with Crippen LogP contribution in [-0.4, -0.2) is 33.9 Å². The van der Waals surface area contributed by atoms with E-state index in [9.17, 15) is 9.59 Å². The molecule has 5 rings (SSSR count). The molecule has 2 heterocycles. The lowest BCUT2D eigenvalue weighted by atomic mass is 10.0. The summed E-state index contributed by atoms with van der Waals surface area (Å²) in [4.78, 5) is 29.3. The molecule has 0 bridgehead atoms. The zero-order chi connectivity index (χ0) is 25.6. The van der Waals surface area contributed by atoms with Crippen LogP contribution in [0.4, 0.5) is 5.69 Å². The lowest BCUT2D eigenvalue weighted by Gasteiger charge is -2.32. The van der Waals surface area contributed by atoms with Crippen molar-refractivity contribution in [1.29, 1.82) is 0 Å². The number of methoxy groups -OCH3 is 1. The maximum Gasteiger partial charge on any atom is 0.249 e. The van der Waals surface area contributed by atoms with E-state index in [0.717, 1.165) is 0 Å². The largest absolute Gasteiger partial charge is 0.495 e. The predicted octanol–water partition coefficient (Wildman–Crippen LogP) is 4.12. The van der Waals surface area contributed by atoms with E-state index in [1.165, 1.54) is 16.7 Å². The topological polar surface area (TPSA) is 102 Å². The second kappa shape index (κ2) is 10.8. The first kappa shape index (κ1) is 23.8. The van der Waals surface area contributed by atoms with Crippen LogP contribution in [-0.2, 0) is 22.7 Å². The van der Waals surface area contributed by atoms with Gasteiger partial charge in [-0.2, -0.15) is 0 Å². The van der Waals surface area contributed by atoms with Crippen LogP contribution in [0.25, 0.3) is 11.0 Å². The van der Waals surface area contributed by atoms with Crippen molar-refractivity contribution in [3.63, 3.8) is 0 Å². The average Bonchev–Trinajstić information content (AvgIpc) is 3.61. The Bertz CT molecular complexity index is 1500. The Morgan fingerprint density at radius 1 is 0.973 bits per heavy atom. The van der Waals surface area contributed by atoms with Crippen molar-refractivity contribution in [2.24, 2.45) is 0 Å². The molecule has 0 saturated heterocycles. The highest BCUT2D eigenvalue weighted by molar-refractivity contribution is 6.02. The van der Waals surface area contributed by atoms with Crippen LogP contribution >= 0.6 is 0 Å². The molecule has 2 amide bonds. The first-order chi connectivity index (χ1) is 18.2. The molecule has 0 spiro atoms. The summed E-state index contributed by atoms with van der Waals surface area (Å²) in [6.45, 7) is 0.0458. The summed E-state index contributed by atoms with van der Waals surface area (Å²) in [5, 5.41) is 11.2. The summed E-state index contributed by atoms with van der Waals surface area (Å²) in [7, 11) is 1.53. The molecule has 3 aromatic carbocycles. The summed E-state index contributed by atoms with van der Waals surface area (Å²) in [5.41, 5.74) is 2.49. The van der Waals surface area contributed by atoms with Gasteiger partial charge in [0.25, 0.3) is 0 Å². The predicted molar refractivity (Wildman–Crippen MR) is 138 cm³/mol. The van der Waals surface area contributed by atoms with Gasteiger partial charge in [-0.15, -0.1) is 5.10 Å². The smallest absolute Gasteiger partial charge is 0.249 e. The monoisotopic (exact) mass is 495 g/mol. The normalized spacial score (nSPS) is 11.7. The van der Waals surface area contributed by atoms with E-state index >= 15 is 0 Å². The third-order valence-corrected chi connectivity index (χ3v) is 5.96. The molecule has 9 heteroatoms. The van der Waals surface area contributed by atoms with Gasteiger partial charge in [0.15, 0.2) is 0 Å². The van der Waals surface area contributed by atoms with Crippen LogP contribution < -0.4 is 15.0 Å². The number of ether oxygens (including phenoxy) is 1. The van der Waals surface area contributed by atoms with E-state index in [0.29, 0.717) is 33.8 Å². The quantitative estimate of drug-likeness (QED) is 0.330. The zero-order valence-corrected chi connectivity index (χ0v) is 20.2. The highest BCUT2D eigenvalue weighted by atomic mass is 16.5. The molecule has 0 saturated carbocycles. The molecule has 0 fully saturated rings. The third kappa shape index (κ3) is 5.06. The van der Waals surface area contributed by atoms with E-state index in [-0.39, 0.29) is 24.9 Å². The summed E-state index contributed by atoms with van der Waals surface area (Å²) in [5.74, 6) is 0.330. The van der Waals surface area contributed by atoms with Gasteiger partial charge in [0.2, 0.25) is 11.8 Å². The molecule has 0 unspecified atom stereocenters. The summed E-state index contributed by atoms with van der Waals surface area (Å²) in [6, 6.07) is 26.2. The summed E-state index contributed by atoms with van der Waals surface area (Å²) in [6.07, 6.45) is 1.54. The molecule has 0 aliphatic heterocycles. The number of benzene rings is 3. The van der Waals surface area contributed by atoms with Gasteiger partial charge in [-0.25, -0.2) is 4.68 Å². The molecule has 9 nitrogen and oxygen atoms in total. The first-order valence-electron chi connectivity index (χ1n) is 11.7. The Hall–Kier alpha value is -4.92. The van der Waals surface area contributed by atoms with Crippen LogP contribution in [0.3, 0.4) is 0 Å². The average molecular weight is 496 g/mol. The number of para-hydroxylation sites is 3. The van der Waals surface area contributed by atoms with Crippen molar-refractivity contribution in [3.8, 4) is 5.75 Å². The molecular formula is C28H25N5O4. The second-order valence-corrected chi connectivity index (χ2v) is 8.28. The maximum atomic E-state index is 14.1. The van der Waals surface area contributed by atoms with Gasteiger partial charge in [-0.05, 0) is 42.0 Å². The highest BCUT2D eigenvalue weighted by Gasteiger charge is 2.34. The molecule has 186 valence electrons. The SMILES string of the molecule is COc1ccccc1N(C(=O)Cn1nnc2ccccc21)[C@@H](C(=O)NCc1ccco1)c1ccccc1. The summed E-state index contributed by atoms with van der Waals surface area (Å²) >= 11 is 0. The van der Waals surface area contributed by atoms with Crippen molar-refractivity contribution in [2.45, 2.75) is 19.1 Å². The molecule has 2 aromatic heterocycles. The molecular weight excluding hydrogens is 470 g/mol. The fourth-order valence-corrected chi connectivity index (χ4v) is 4.22. The minimum absolute atomic E-state index is 0.132. The third-order valence-electron chi connectivity index (χ3n) is 5.96. The number of furan rings is 1. The molecule has 1 N–H and O–H groups in total. The second-order valence-electron chi connectivity index (χ2n) is 8.28. The van der Waals surface area contributed by atoms with Crippen LogP contribution in [0.2, 0.25) is 0 Å². The zero-order valence-electron chi connectivity index (χ0n) is 20.2. The standard InChI is InChI=1S/C28H25N5O4/c1-36-25-16-8-7-15-24(25)33(26(34)19-32-23-14-6-5-13-22(23)30-31-32)27(20-10-3-2-4-11-20)28(35)29-18-21-12-9-17-37-21/h2-17,27H,18-19H2,1H3,(H,29,35)/t27-/m1/s1. The Morgan fingerprint density at radius 2 is 1.73 bits per heavy atom. The fraction of sp³-hybridized carbons (Fsp3) is 0.143. The minimum atomic E-state index is -0.991. The van der Waals surface area contributed by atoms with E-state index in [1.54, 1.807) is 36.6 Å². The number of rotatable bonds is 9. The Kier molecular flexibility index (Phi) is 6.93. The van der Waals surface area contributed by atoms with E-state index in [4.69, 9.17) is 9.15 Å². The Balaban J connectivity index is 1.57. The van der Waals surface area contributed by atoms with Crippen molar-refractivity contribution >= 4 is 28.5 Å². The lowest BCUT2D eigenvalue weighted by molar-refractivity contribution is -0.127. The molecule has 0 aliphatic carbocycles. The van der Waals surface area contributed by atoms with Crippen molar-refractivity contribution in [3.05, 3.63) is 109 Å². The van der Waals surface area contributed by atoms with Gasteiger partial charge in [0.1, 0.15) is 29.6 Å². The molecule has 1 atom stereocenters. The number of anilines is 1. The number of carbonyl (C=O) groups is 2. The van der Waals surface area contributed by atoms with E-state index in [2.05, 4.69) is 15.6 Å². The van der Waals surface area contributed by atoms with E-state index in [1.807, 2.05) is 60.7 Å². The number of carbonyl (C=O) groups excluding carboxylic acids is 2. The van der Waals surface area contributed by atoms with Gasteiger partial charge in [0.05, 0.1) is 31.1 Å². The molecule has 37 heavy (non-hydrogen) atoms. The Morgan fingerprint density at radius 3 is 2.51 bits per heavy atom. The molecule has 5 aromatic rings. The summed E-state index contributed by atoms with van der Waals surface area (Å²) < 4.78 is 12.5. The van der Waals surface area contributed by atoms with Crippen molar-refractivity contribution in [2.75, 3.05) is 12.0 Å². The number of hydrogen-bond acceptors (Lipinski definition) is 6. The number of amides is 2. The van der Waals surface area contributed by atoms with Crippen LogP contribution in [0.15, 0.2) is 102 Å². The number of hydrogen-bond donors (Lipinski definition) is 1. The number of nitrogens with zero attached hydrogens (tertiary/aromatic N) is 4. The molecule has 0 radical (unpaired) electrons. The van der Waals surface area contributed by atoms with Crippen LogP contribution in [0, 0.1) is 0 Å². The van der Waals surface area contributed by atoms with Gasteiger partial charge in [0, 0.05) is 0 Å². The van der Waals surface area contributed by atoms with Gasteiger partial charge in [-0.1, -0.05) is 59.8 Å². The lowest BCUT2D eigenvalue weighted by Crippen LogP contribution is -2.45. The van der Waals surface area contributed by atoms with Crippen molar-refractivity contribution in [1.82, 2.24) is 20.3 Å². The molecule has 0 aliphatic rings.